The summed E-state index contributed by atoms with van der Waals surface area (Å²) in [6.07, 6.45) is 4.31. The molecule has 2 aromatic rings. The molecule has 33 heavy (non-hydrogen) atoms. The second-order valence-electron chi connectivity index (χ2n) is 8.96. The van der Waals surface area contributed by atoms with Crippen molar-refractivity contribution in [2.75, 3.05) is 50.6 Å². The molecule has 2 aromatic carbocycles. The summed E-state index contributed by atoms with van der Waals surface area (Å²) in [7, 11) is 3.10. The molecule has 0 spiro atoms. The van der Waals surface area contributed by atoms with Crippen LogP contribution in [0.2, 0.25) is 0 Å². The van der Waals surface area contributed by atoms with Crippen molar-refractivity contribution in [2.24, 2.45) is 5.92 Å². The predicted octanol–water partition coefficient (Wildman–Crippen LogP) is 4.43. The van der Waals surface area contributed by atoms with Crippen molar-refractivity contribution in [1.82, 2.24) is 4.90 Å². The summed E-state index contributed by atoms with van der Waals surface area (Å²) in [4.78, 5) is 30.6. The average Bonchev–Trinajstić information content (AvgIpc) is 3.39. The highest BCUT2D eigenvalue weighted by molar-refractivity contribution is 6.06. The lowest BCUT2D eigenvalue weighted by molar-refractivity contribution is 0.0793. The normalized spacial score (nSPS) is 16.6. The number of piperidine rings is 1. The minimum atomic E-state index is -0.286. The first-order valence-electron chi connectivity index (χ1n) is 11.7. The van der Waals surface area contributed by atoms with Crippen LogP contribution in [0.1, 0.15) is 53.3 Å². The lowest BCUT2D eigenvalue weighted by Crippen LogP contribution is -2.35. The zero-order valence-electron chi connectivity index (χ0n) is 19.7. The number of anilines is 2. The topological polar surface area (TPSA) is 71.1 Å². The monoisotopic (exact) mass is 451 g/mol. The quantitative estimate of drug-likeness (QED) is 0.704. The maximum Gasteiger partial charge on any atom is 0.256 e. The van der Waals surface area contributed by atoms with Crippen molar-refractivity contribution in [2.45, 2.75) is 32.6 Å². The van der Waals surface area contributed by atoms with Crippen LogP contribution in [0.3, 0.4) is 0 Å². The van der Waals surface area contributed by atoms with Gasteiger partial charge in [0.25, 0.3) is 11.8 Å². The van der Waals surface area contributed by atoms with Gasteiger partial charge >= 0.3 is 0 Å². The highest BCUT2D eigenvalue weighted by Crippen LogP contribution is 2.31. The maximum absolute atomic E-state index is 13.4. The van der Waals surface area contributed by atoms with Crippen LogP contribution in [0.15, 0.2) is 36.4 Å². The fourth-order valence-electron chi connectivity index (χ4n) is 4.54. The lowest BCUT2D eigenvalue weighted by Gasteiger charge is -2.34. The number of rotatable bonds is 6. The van der Waals surface area contributed by atoms with E-state index >= 15 is 0 Å². The second-order valence-corrected chi connectivity index (χ2v) is 8.96. The minimum absolute atomic E-state index is 0.0419. The van der Waals surface area contributed by atoms with Gasteiger partial charge in [-0.3, -0.25) is 9.59 Å². The first kappa shape index (κ1) is 23.0. The Morgan fingerprint density at radius 3 is 2.15 bits per heavy atom. The van der Waals surface area contributed by atoms with Crippen LogP contribution in [0.25, 0.3) is 0 Å². The van der Waals surface area contributed by atoms with E-state index in [1.807, 2.05) is 23.1 Å². The van der Waals surface area contributed by atoms with Gasteiger partial charge in [0.05, 0.1) is 19.8 Å². The van der Waals surface area contributed by atoms with E-state index in [0.717, 1.165) is 57.5 Å². The molecular weight excluding hydrogens is 418 g/mol. The van der Waals surface area contributed by atoms with Crippen LogP contribution in [0.5, 0.6) is 11.5 Å². The number of methoxy groups -OCH3 is 2. The molecule has 2 aliphatic rings. The molecule has 0 bridgehead atoms. The van der Waals surface area contributed by atoms with Gasteiger partial charge in [-0.05, 0) is 61.9 Å². The van der Waals surface area contributed by atoms with Crippen molar-refractivity contribution in [3.63, 3.8) is 0 Å². The number of nitrogens with one attached hydrogen (secondary N) is 1. The molecule has 7 nitrogen and oxygen atoms in total. The van der Waals surface area contributed by atoms with Crippen molar-refractivity contribution in [3.05, 3.63) is 47.5 Å². The van der Waals surface area contributed by atoms with Crippen molar-refractivity contribution in [3.8, 4) is 11.5 Å². The van der Waals surface area contributed by atoms with Gasteiger partial charge in [-0.15, -0.1) is 0 Å². The maximum atomic E-state index is 13.4. The van der Waals surface area contributed by atoms with E-state index < -0.39 is 0 Å². The predicted molar refractivity (Wildman–Crippen MR) is 130 cm³/mol. The van der Waals surface area contributed by atoms with Crippen LogP contribution in [-0.4, -0.2) is 57.1 Å². The molecule has 0 atom stereocenters. The third-order valence-corrected chi connectivity index (χ3v) is 6.62. The van der Waals surface area contributed by atoms with E-state index in [4.69, 9.17) is 9.47 Å². The standard InChI is InChI=1S/C26H33N3O4/c1-18-8-12-28(13-9-18)24-7-6-20(16-23(24)26(31)29-10-4-5-11-29)27-25(30)19-14-21(32-2)17-22(15-19)33-3/h6-7,14-18H,4-5,8-13H2,1-3H3,(H,27,30). The summed E-state index contributed by atoms with van der Waals surface area (Å²) < 4.78 is 10.6. The van der Waals surface area contributed by atoms with Gasteiger partial charge in [-0.25, -0.2) is 0 Å². The number of carbonyl (C=O) groups excluding carboxylic acids is 2. The summed E-state index contributed by atoms with van der Waals surface area (Å²) in [5.41, 5.74) is 2.64. The molecule has 2 fully saturated rings. The molecule has 2 amide bonds. The summed E-state index contributed by atoms with van der Waals surface area (Å²) in [6, 6.07) is 10.7. The average molecular weight is 452 g/mol. The molecule has 0 aliphatic carbocycles. The third-order valence-electron chi connectivity index (χ3n) is 6.62. The highest BCUT2D eigenvalue weighted by Gasteiger charge is 2.26. The van der Waals surface area contributed by atoms with Gasteiger partial charge in [-0.2, -0.15) is 0 Å². The smallest absolute Gasteiger partial charge is 0.256 e. The van der Waals surface area contributed by atoms with Crippen molar-refractivity contribution in [1.29, 1.82) is 0 Å². The van der Waals surface area contributed by atoms with E-state index in [0.29, 0.717) is 34.2 Å². The number of nitrogens with zero attached hydrogens (tertiary/aromatic N) is 2. The van der Waals surface area contributed by atoms with Crippen molar-refractivity contribution < 1.29 is 19.1 Å². The summed E-state index contributed by atoms with van der Waals surface area (Å²) >= 11 is 0. The Bertz CT molecular complexity index is 986. The van der Waals surface area contributed by atoms with Gasteiger partial charge in [0.15, 0.2) is 0 Å². The first-order valence-corrected chi connectivity index (χ1v) is 11.7. The second kappa shape index (κ2) is 10.1. The molecule has 2 heterocycles. The zero-order chi connectivity index (χ0) is 23.4. The zero-order valence-corrected chi connectivity index (χ0v) is 19.7. The van der Waals surface area contributed by atoms with Gasteiger partial charge < -0.3 is 24.6 Å². The Balaban J connectivity index is 1.61. The number of amides is 2. The Labute approximate surface area is 195 Å². The summed E-state index contributed by atoms with van der Waals surface area (Å²) in [5, 5.41) is 2.94. The summed E-state index contributed by atoms with van der Waals surface area (Å²) in [6.45, 7) is 5.73. The van der Waals surface area contributed by atoms with Crippen LogP contribution in [-0.2, 0) is 0 Å². The van der Waals surface area contributed by atoms with E-state index in [2.05, 4.69) is 17.1 Å². The summed E-state index contributed by atoms with van der Waals surface area (Å²) in [5.74, 6) is 1.54. The van der Waals surface area contributed by atoms with E-state index in [1.165, 1.54) is 0 Å². The van der Waals surface area contributed by atoms with Crippen molar-refractivity contribution >= 4 is 23.2 Å². The molecule has 1 N–H and O–H groups in total. The molecule has 0 unspecified atom stereocenters. The SMILES string of the molecule is COc1cc(OC)cc(C(=O)Nc2ccc(N3CCC(C)CC3)c(C(=O)N3CCCC3)c2)c1. The Hall–Kier alpha value is -3.22. The third kappa shape index (κ3) is 5.24. The molecule has 4 rings (SSSR count). The molecule has 0 aromatic heterocycles. The van der Waals surface area contributed by atoms with E-state index in [1.54, 1.807) is 32.4 Å². The number of hydrogen-bond acceptors (Lipinski definition) is 5. The largest absolute Gasteiger partial charge is 0.497 e. The van der Waals surface area contributed by atoms with Crippen LogP contribution < -0.4 is 19.7 Å². The highest BCUT2D eigenvalue weighted by atomic mass is 16.5. The molecule has 2 saturated heterocycles. The number of hydrogen-bond donors (Lipinski definition) is 1. The molecule has 0 radical (unpaired) electrons. The lowest BCUT2D eigenvalue weighted by atomic mass is 9.97. The molecule has 7 heteroatoms. The first-order chi connectivity index (χ1) is 16.0. The van der Waals surface area contributed by atoms with E-state index in [-0.39, 0.29) is 11.8 Å². The van der Waals surface area contributed by atoms with Gasteiger partial charge in [0, 0.05) is 49.2 Å². The van der Waals surface area contributed by atoms with Crippen LogP contribution >= 0.6 is 0 Å². The molecule has 0 saturated carbocycles. The number of carbonyl (C=O) groups is 2. The van der Waals surface area contributed by atoms with E-state index in [9.17, 15) is 9.59 Å². The molecule has 176 valence electrons. The molecule has 2 aliphatic heterocycles. The fourth-order valence-corrected chi connectivity index (χ4v) is 4.54. The van der Waals surface area contributed by atoms with Gasteiger partial charge in [0.1, 0.15) is 11.5 Å². The minimum Gasteiger partial charge on any atom is -0.497 e. The van der Waals surface area contributed by atoms with Crippen LogP contribution in [0, 0.1) is 5.92 Å². The Kier molecular flexibility index (Phi) is 7.06. The molecular formula is C26H33N3O4. The Morgan fingerprint density at radius 2 is 1.55 bits per heavy atom. The fraction of sp³-hybridized carbons (Fsp3) is 0.462. The van der Waals surface area contributed by atoms with Crippen LogP contribution in [0.4, 0.5) is 11.4 Å². The Morgan fingerprint density at radius 1 is 0.909 bits per heavy atom. The number of ether oxygens (including phenoxy) is 2. The van der Waals surface area contributed by atoms with Gasteiger partial charge in [0.2, 0.25) is 0 Å². The number of benzene rings is 2. The number of likely N-dealkylation sites (tertiary alicyclic amines) is 1. The van der Waals surface area contributed by atoms with Gasteiger partial charge in [-0.1, -0.05) is 6.92 Å².